The normalized spacial score (nSPS) is 35.7. The first-order valence-electron chi connectivity index (χ1n) is 8.12. The van der Waals surface area contributed by atoms with Crippen LogP contribution in [0.5, 0.6) is 0 Å². The van der Waals surface area contributed by atoms with Crippen LogP contribution in [0.4, 0.5) is 0 Å². The molecule has 2 unspecified atom stereocenters. The Labute approximate surface area is 143 Å². The smallest absolute Gasteiger partial charge is 0.271 e. The summed E-state index contributed by atoms with van der Waals surface area (Å²) in [5.41, 5.74) is 1.03. The van der Waals surface area contributed by atoms with Crippen molar-refractivity contribution in [2.24, 2.45) is 22.7 Å². The topological polar surface area (TPSA) is 122 Å². The molecule has 1 fully saturated rings. The SMILES string of the molecule is CC1=CCC2C(C)(C)CCC[C@]2(C)[C@H]1COP(=O)([O-])OP(=O)([O-])[O-]. The van der Waals surface area contributed by atoms with Gasteiger partial charge in [0, 0.05) is 5.92 Å². The maximum atomic E-state index is 11.6. The van der Waals surface area contributed by atoms with Gasteiger partial charge in [0.1, 0.15) is 0 Å². The summed E-state index contributed by atoms with van der Waals surface area (Å²) in [6, 6.07) is 0. The van der Waals surface area contributed by atoms with Crippen molar-refractivity contribution >= 4 is 15.6 Å². The van der Waals surface area contributed by atoms with E-state index < -0.39 is 15.6 Å². The molecule has 2 aliphatic rings. The van der Waals surface area contributed by atoms with Gasteiger partial charge in [-0.3, -0.25) is 8.88 Å². The molecule has 0 bridgehead atoms. The van der Waals surface area contributed by atoms with Crippen molar-refractivity contribution in [2.45, 2.75) is 53.4 Å². The molecule has 0 amide bonds. The van der Waals surface area contributed by atoms with E-state index in [1.54, 1.807) is 0 Å². The van der Waals surface area contributed by atoms with Crippen LogP contribution in [0.3, 0.4) is 0 Å². The Morgan fingerprint density at radius 3 is 2.42 bits per heavy atom. The van der Waals surface area contributed by atoms with Crippen LogP contribution < -0.4 is 14.7 Å². The van der Waals surface area contributed by atoms with E-state index in [4.69, 9.17) is 4.52 Å². The Hall–Kier alpha value is -0.0000000000000000416. The summed E-state index contributed by atoms with van der Waals surface area (Å²) in [4.78, 5) is 32.6. The summed E-state index contributed by atoms with van der Waals surface area (Å²) in [5, 5.41) is 0. The van der Waals surface area contributed by atoms with Gasteiger partial charge in [0.2, 0.25) is 0 Å². The highest BCUT2D eigenvalue weighted by atomic mass is 31.3. The van der Waals surface area contributed by atoms with Crippen molar-refractivity contribution in [3.05, 3.63) is 11.6 Å². The van der Waals surface area contributed by atoms with E-state index in [0.717, 1.165) is 31.3 Å². The average Bonchev–Trinajstić information content (AvgIpc) is 2.33. The van der Waals surface area contributed by atoms with Gasteiger partial charge < -0.3 is 23.8 Å². The molecule has 24 heavy (non-hydrogen) atoms. The first-order chi connectivity index (χ1) is 10.8. The quantitative estimate of drug-likeness (QED) is 0.530. The number of phosphoric acid groups is 2. The summed E-state index contributed by atoms with van der Waals surface area (Å²) in [6.45, 7) is 8.32. The molecule has 7 nitrogen and oxygen atoms in total. The van der Waals surface area contributed by atoms with Crippen LogP contribution >= 0.6 is 15.6 Å². The number of fused-ring (bicyclic) bond motifs is 1. The molecule has 0 spiro atoms. The molecule has 9 heteroatoms. The van der Waals surface area contributed by atoms with Gasteiger partial charge in [0.25, 0.3) is 7.82 Å². The van der Waals surface area contributed by atoms with E-state index in [9.17, 15) is 23.8 Å². The minimum absolute atomic E-state index is 0.139. The first kappa shape index (κ1) is 20.3. The third kappa shape index (κ3) is 4.39. The highest BCUT2D eigenvalue weighted by Crippen LogP contribution is 2.60. The van der Waals surface area contributed by atoms with Crippen LogP contribution in [0.1, 0.15) is 53.4 Å². The first-order valence-corrected chi connectivity index (χ1v) is 11.0. The van der Waals surface area contributed by atoms with Gasteiger partial charge >= 0.3 is 0 Å². The summed E-state index contributed by atoms with van der Waals surface area (Å²) in [7, 11) is -10.8. The van der Waals surface area contributed by atoms with E-state index in [-0.39, 0.29) is 23.4 Å². The molecule has 0 radical (unpaired) electrons. The van der Waals surface area contributed by atoms with Gasteiger partial charge in [-0.05, 0) is 42.9 Å². The predicted octanol–water partition coefficient (Wildman–Crippen LogP) is 2.12. The lowest BCUT2D eigenvalue weighted by Gasteiger charge is -2.56. The molecule has 1 saturated carbocycles. The van der Waals surface area contributed by atoms with E-state index in [1.165, 1.54) is 0 Å². The second-order valence-corrected chi connectivity index (χ2v) is 10.6. The number of hydrogen-bond acceptors (Lipinski definition) is 7. The standard InChI is InChI=1S/C15H28O7P2/c1-11-6-7-13-14(2,3)8-5-9-15(13,4)12(11)10-21-24(19,20)22-23(16,17)18/h6,12-13H,5,7-10H2,1-4H3,(H,19,20)(H2,16,17,18)/p-3/t12-,13?,15+/m0/s1. The van der Waals surface area contributed by atoms with Crippen LogP contribution in [0.15, 0.2) is 11.6 Å². The maximum Gasteiger partial charge on any atom is 0.271 e. The zero-order valence-corrected chi connectivity index (χ0v) is 16.3. The molecular weight excluding hydrogens is 354 g/mol. The monoisotopic (exact) mass is 379 g/mol. The lowest BCUT2D eigenvalue weighted by Crippen LogP contribution is -2.49. The van der Waals surface area contributed by atoms with Gasteiger partial charge in [-0.2, -0.15) is 0 Å². The molecule has 2 aliphatic carbocycles. The van der Waals surface area contributed by atoms with Crippen LogP contribution in [-0.4, -0.2) is 6.61 Å². The molecule has 0 aromatic rings. The van der Waals surface area contributed by atoms with Gasteiger partial charge in [-0.15, -0.1) is 0 Å². The van der Waals surface area contributed by atoms with Gasteiger partial charge in [-0.1, -0.05) is 38.8 Å². The fourth-order valence-electron chi connectivity index (χ4n) is 4.77. The molecule has 0 N–H and O–H groups in total. The average molecular weight is 379 g/mol. The minimum Gasteiger partial charge on any atom is -0.790 e. The number of phosphoric ester groups is 1. The summed E-state index contributed by atoms with van der Waals surface area (Å²) < 4.78 is 30.4. The second-order valence-electron chi connectivity index (χ2n) is 7.91. The summed E-state index contributed by atoms with van der Waals surface area (Å²) in [5.74, 6) is 0.215. The molecule has 0 aliphatic heterocycles. The largest absolute Gasteiger partial charge is 0.790 e. The van der Waals surface area contributed by atoms with Crippen molar-refractivity contribution in [1.82, 2.24) is 0 Å². The fourth-order valence-corrected chi connectivity index (χ4v) is 6.27. The van der Waals surface area contributed by atoms with E-state index in [0.29, 0.717) is 5.92 Å². The third-order valence-electron chi connectivity index (χ3n) is 5.90. The highest BCUT2D eigenvalue weighted by molar-refractivity contribution is 7.58. The van der Waals surface area contributed by atoms with Crippen molar-refractivity contribution in [3.8, 4) is 0 Å². The minimum atomic E-state index is -5.65. The Morgan fingerprint density at radius 1 is 1.21 bits per heavy atom. The highest BCUT2D eigenvalue weighted by Gasteiger charge is 2.52. The Morgan fingerprint density at radius 2 is 1.83 bits per heavy atom. The van der Waals surface area contributed by atoms with E-state index in [1.807, 2.05) is 6.92 Å². The molecule has 4 atom stereocenters. The van der Waals surface area contributed by atoms with Crippen LogP contribution in [0, 0.1) is 22.7 Å². The fraction of sp³-hybridized carbons (Fsp3) is 0.867. The van der Waals surface area contributed by atoms with E-state index in [2.05, 4.69) is 31.2 Å². The van der Waals surface area contributed by atoms with Crippen molar-refractivity contribution in [1.29, 1.82) is 0 Å². The zero-order chi connectivity index (χ0) is 18.4. The van der Waals surface area contributed by atoms with Crippen molar-refractivity contribution in [2.75, 3.05) is 6.61 Å². The van der Waals surface area contributed by atoms with Gasteiger partial charge in [0.15, 0.2) is 0 Å². The van der Waals surface area contributed by atoms with Crippen molar-refractivity contribution in [3.63, 3.8) is 0 Å². The summed E-state index contributed by atoms with van der Waals surface area (Å²) >= 11 is 0. The predicted molar refractivity (Wildman–Crippen MR) is 83.3 cm³/mol. The third-order valence-corrected chi connectivity index (χ3v) is 7.96. The summed E-state index contributed by atoms with van der Waals surface area (Å²) in [6.07, 6.45) is 6.16. The number of hydrogen-bond donors (Lipinski definition) is 0. The molecule has 0 saturated heterocycles. The lowest BCUT2D eigenvalue weighted by molar-refractivity contribution is -0.339. The Bertz CT molecular complexity index is 609. The Balaban J connectivity index is 2.19. The molecular formula is C15H25O7P2-3. The number of rotatable bonds is 5. The number of allylic oxidation sites excluding steroid dienone is 1. The zero-order valence-electron chi connectivity index (χ0n) is 14.5. The van der Waals surface area contributed by atoms with Crippen LogP contribution in [0.2, 0.25) is 0 Å². The van der Waals surface area contributed by atoms with Gasteiger partial charge in [0.05, 0.1) is 14.4 Å². The van der Waals surface area contributed by atoms with E-state index >= 15 is 0 Å². The molecule has 2 rings (SSSR count). The molecule has 0 heterocycles. The Kier molecular flexibility index (Phi) is 5.61. The van der Waals surface area contributed by atoms with Crippen LogP contribution in [0.25, 0.3) is 0 Å². The van der Waals surface area contributed by atoms with Crippen LogP contribution in [-0.2, 0) is 18.0 Å². The van der Waals surface area contributed by atoms with Crippen molar-refractivity contribution < 1.29 is 32.6 Å². The second kappa shape index (κ2) is 6.62. The van der Waals surface area contributed by atoms with Gasteiger partial charge in [-0.25, -0.2) is 0 Å². The molecule has 0 aromatic heterocycles. The maximum absolute atomic E-state index is 11.6. The molecule has 0 aromatic carbocycles. The lowest BCUT2D eigenvalue weighted by atomic mass is 9.49. The molecule has 140 valence electrons.